The van der Waals surface area contributed by atoms with Crippen molar-refractivity contribution < 1.29 is 14.8 Å². The number of aromatic carboxylic acids is 1. The van der Waals surface area contributed by atoms with Crippen LogP contribution in [0.4, 0.5) is 17.1 Å². The number of carbonyl (C=O) groups is 1. The Balaban J connectivity index is 1.58. The molecule has 0 aliphatic carbocycles. The first-order valence-corrected chi connectivity index (χ1v) is 10.9. The van der Waals surface area contributed by atoms with E-state index >= 15 is 0 Å². The molecule has 5 rings (SSSR count). The standard InChI is InChI=1S/C26H20N4O5/c1-28(19-5-3-2-4-6-19)22-10-7-16(14-23(22)30(34)35)13-17-11-12-29-24(17)27-21-15-18(26(32)33)8-9-20(21)25(29)31/h2-10,13-15H,11-12H2,1H3,(H,32,33)/b17-13-. The number of nitro benzene ring substituents is 1. The summed E-state index contributed by atoms with van der Waals surface area (Å²) in [6.07, 6.45) is 2.32. The number of carboxylic acids is 1. The summed E-state index contributed by atoms with van der Waals surface area (Å²) in [6.45, 7) is 0.431. The van der Waals surface area contributed by atoms with Crippen molar-refractivity contribution in [2.45, 2.75) is 13.0 Å². The van der Waals surface area contributed by atoms with Crippen molar-refractivity contribution in [3.05, 3.63) is 104 Å². The molecule has 9 heteroatoms. The Morgan fingerprint density at radius 2 is 1.91 bits per heavy atom. The molecule has 174 valence electrons. The molecule has 35 heavy (non-hydrogen) atoms. The maximum atomic E-state index is 13.0. The topological polar surface area (TPSA) is 119 Å². The average Bonchev–Trinajstić information content (AvgIpc) is 3.26. The average molecular weight is 468 g/mol. The van der Waals surface area contributed by atoms with Gasteiger partial charge >= 0.3 is 5.97 Å². The van der Waals surface area contributed by atoms with Gasteiger partial charge in [0.05, 0.1) is 21.4 Å². The molecule has 9 nitrogen and oxygen atoms in total. The number of fused-ring (bicyclic) bond motifs is 2. The molecule has 0 saturated heterocycles. The highest BCUT2D eigenvalue weighted by molar-refractivity contribution is 5.93. The second-order valence-electron chi connectivity index (χ2n) is 8.25. The first kappa shape index (κ1) is 22.0. The normalized spacial score (nSPS) is 13.7. The Bertz CT molecular complexity index is 1590. The van der Waals surface area contributed by atoms with E-state index in [-0.39, 0.29) is 16.8 Å². The van der Waals surface area contributed by atoms with Gasteiger partial charge < -0.3 is 10.0 Å². The second-order valence-corrected chi connectivity index (χ2v) is 8.25. The molecule has 0 saturated carbocycles. The smallest absolute Gasteiger partial charge is 0.335 e. The number of benzene rings is 3. The van der Waals surface area contributed by atoms with Gasteiger partial charge in [-0.15, -0.1) is 0 Å². The van der Waals surface area contributed by atoms with Crippen LogP contribution in [0.5, 0.6) is 0 Å². The van der Waals surface area contributed by atoms with E-state index in [1.807, 2.05) is 30.3 Å². The van der Waals surface area contributed by atoms with Gasteiger partial charge in [0.1, 0.15) is 11.5 Å². The number of para-hydroxylation sites is 1. The minimum atomic E-state index is -1.10. The number of hydrogen-bond acceptors (Lipinski definition) is 6. The number of carboxylic acid groups (broad SMARTS) is 1. The molecule has 0 unspecified atom stereocenters. The highest BCUT2D eigenvalue weighted by Gasteiger charge is 2.23. The van der Waals surface area contributed by atoms with Crippen LogP contribution in [-0.2, 0) is 6.54 Å². The second kappa shape index (κ2) is 8.53. The van der Waals surface area contributed by atoms with Gasteiger partial charge in [-0.05, 0) is 60.0 Å². The van der Waals surface area contributed by atoms with Gasteiger partial charge in [0, 0.05) is 25.3 Å². The van der Waals surface area contributed by atoms with Crippen LogP contribution >= 0.6 is 0 Å². The van der Waals surface area contributed by atoms with Gasteiger partial charge in [0.2, 0.25) is 0 Å². The molecule has 1 N–H and O–H groups in total. The quantitative estimate of drug-likeness (QED) is 0.333. The molecular weight excluding hydrogens is 448 g/mol. The Morgan fingerprint density at radius 3 is 2.63 bits per heavy atom. The number of allylic oxidation sites excluding steroid dienone is 1. The van der Waals surface area contributed by atoms with E-state index in [9.17, 15) is 24.8 Å². The Labute approximate surface area is 199 Å². The third kappa shape index (κ3) is 3.93. The van der Waals surface area contributed by atoms with Crippen LogP contribution in [0.1, 0.15) is 28.2 Å². The molecule has 2 heterocycles. The van der Waals surface area contributed by atoms with Crippen LogP contribution in [0.2, 0.25) is 0 Å². The molecule has 0 radical (unpaired) electrons. The number of hydrogen-bond donors (Lipinski definition) is 1. The summed E-state index contributed by atoms with van der Waals surface area (Å²) in [4.78, 5) is 42.1. The Morgan fingerprint density at radius 1 is 1.14 bits per heavy atom. The molecule has 1 aliphatic heterocycles. The maximum Gasteiger partial charge on any atom is 0.335 e. The lowest BCUT2D eigenvalue weighted by atomic mass is 10.1. The zero-order valence-electron chi connectivity index (χ0n) is 18.7. The molecule has 0 amide bonds. The van der Waals surface area contributed by atoms with Crippen LogP contribution in [0.3, 0.4) is 0 Å². The van der Waals surface area contributed by atoms with Gasteiger partial charge in [-0.2, -0.15) is 0 Å². The summed E-state index contributed by atoms with van der Waals surface area (Å²) in [5.74, 6) is -0.656. The highest BCUT2D eigenvalue weighted by atomic mass is 16.6. The fourth-order valence-corrected chi connectivity index (χ4v) is 4.34. The molecular formula is C26H20N4O5. The Hall–Kier alpha value is -4.79. The fraction of sp³-hybridized carbons (Fsp3) is 0.115. The van der Waals surface area contributed by atoms with Crippen LogP contribution in [0, 0.1) is 10.1 Å². The SMILES string of the molecule is CN(c1ccccc1)c1ccc(/C=C2/CCn3c2nc2cc(C(=O)O)ccc2c3=O)cc1[N+](=O)[O-]. The summed E-state index contributed by atoms with van der Waals surface area (Å²) >= 11 is 0. The van der Waals surface area contributed by atoms with Gasteiger partial charge in [-0.1, -0.05) is 24.3 Å². The highest BCUT2D eigenvalue weighted by Crippen LogP contribution is 2.35. The zero-order chi connectivity index (χ0) is 24.7. The van der Waals surface area contributed by atoms with Crippen LogP contribution in [0.15, 0.2) is 71.5 Å². The first-order chi connectivity index (χ1) is 16.8. The minimum Gasteiger partial charge on any atom is -0.478 e. The van der Waals surface area contributed by atoms with E-state index in [0.717, 1.165) is 11.3 Å². The first-order valence-electron chi connectivity index (χ1n) is 10.9. The molecule has 3 aromatic carbocycles. The van der Waals surface area contributed by atoms with E-state index in [1.54, 1.807) is 34.7 Å². The molecule has 1 aliphatic rings. The lowest BCUT2D eigenvalue weighted by molar-refractivity contribution is -0.384. The lowest BCUT2D eigenvalue weighted by Gasteiger charge is -2.19. The zero-order valence-corrected chi connectivity index (χ0v) is 18.7. The van der Waals surface area contributed by atoms with Crippen molar-refractivity contribution in [1.29, 1.82) is 0 Å². The summed E-state index contributed by atoms with van der Waals surface area (Å²) in [6, 6.07) is 18.6. The third-order valence-corrected chi connectivity index (χ3v) is 6.14. The van der Waals surface area contributed by atoms with Crippen molar-refractivity contribution >= 4 is 45.6 Å². The van der Waals surface area contributed by atoms with E-state index in [0.29, 0.717) is 40.9 Å². The van der Waals surface area contributed by atoms with E-state index in [4.69, 9.17) is 0 Å². The minimum absolute atomic E-state index is 0.0429. The molecule has 0 bridgehead atoms. The van der Waals surface area contributed by atoms with E-state index < -0.39 is 10.9 Å². The van der Waals surface area contributed by atoms with E-state index in [2.05, 4.69) is 4.98 Å². The van der Waals surface area contributed by atoms with Crippen molar-refractivity contribution in [1.82, 2.24) is 9.55 Å². The predicted molar refractivity (Wildman–Crippen MR) is 133 cm³/mol. The monoisotopic (exact) mass is 468 g/mol. The number of nitro groups is 1. The summed E-state index contributed by atoms with van der Waals surface area (Å²) < 4.78 is 1.56. The van der Waals surface area contributed by atoms with Gasteiger partial charge in [-0.25, -0.2) is 9.78 Å². The number of anilines is 2. The molecule has 0 atom stereocenters. The Kier molecular flexibility index (Phi) is 5.37. The third-order valence-electron chi connectivity index (χ3n) is 6.14. The molecule has 4 aromatic rings. The van der Waals surface area contributed by atoms with Crippen LogP contribution < -0.4 is 10.5 Å². The van der Waals surface area contributed by atoms with Crippen molar-refractivity contribution in [2.24, 2.45) is 0 Å². The van der Waals surface area contributed by atoms with Crippen molar-refractivity contribution in [3.63, 3.8) is 0 Å². The fourth-order valence-electron chi connectivity index (χ4n) is 4.34. The van der Waals surface area contributed by atoms with Gasteiger partial charge in [0.15, 0.2) is 0 Å². The van der Waals surface area contributed by atoms with Crippen molar-refractivity contribution in [3.8, 4) is 0 Å². The molecule has 0 fully saturated rings. The number of rotatable bonds is 5. The predicted octanol–water partition coefficient (Wildman–Crippen LogP) is 4.72. The molecule has 0 spiro atoms. The van der Waals surface area contributed by atoms with E-state index in [1.165, 1.54) is 24.3 Å². The van der Waals surface area contributed by atoms with Crippen molar-refractivity contribution in [2.75, 3.05) is 11.9 Å². The summed E-state index contributed by atoms with van der Waals surface area (Å²) in [5.41, 5.74) is 2.71. The maximum absolute atomic E-state index is 13.0. The summed E-state index contributed by atoms with van der Waals surface area (Å²) in [5, 5.41) is 21.5. The molecule has 1 aromatic heterocycles. The largest absolute Gasteiger partial charge is 0.478 e. The van der Waals surface area contributed by atoms with Crippen LogP contribution in [-0.4, -0.2) is 32.6 Å². The van der Waals surface area contributed by atoms with Gasteiger partial charge in [-0.3, -0.25) is 19.5 Å². The summed E-state index contributed by atoms with van der Waals surface area (Å²) in [7, 11) is 1.77. The number of aromatic nitrogens is 2. The number of nitrogens with zero attached hydrogens (tertiary/aromatic N) is 4. The van der Waals surface area contributed by atoms with Gasteiger partial charge in [0.25, 0.3) is 11.2 Å². The lowest BCUT2D eigenvalue weighted by Crippen LogP contribution is -2.21. The van der Waals surface area contributed by atoms with Crippen LogP contribution in [0.25, 0.3) is 22.6 Å².